The maximum Gasteiger partial charge on any atom is 0.242 e. The molecule has 2 amide bonds. The van der Waals surface area contributed by atoms with Gasteiger partial charge in [-0.25, -0.2) is 0 Å². The van der Waals surface area contributed by atoms with Gasteiger partial charge in [-0.15, -0.1) is 0 Å². The summed E-state index contributed by atoms with van der Waals surface area (Å²) in [6.07, 6.45) is 2.74. The summed E-state index contributed by atoms with van der Waals surface area (Å²) in [4.78, 5) is 28.6. The highest BCUT2D eigenvalue weighted by Crippen LogP contribution is 2.16. The molecule has 2 N–H and O–H groups in total. The lowest BCUT2D eigenvalue weighted by Crippen LogP contribution is -2.58. The van der Waals surface area contributed by atoms with Gasteiger partial charge in [0.25, 0.3) is 0 Å². The van der Waals surface area contributed by atoms with Gasteiger partial charge in [-0.05, 0) is 37.5 Å². The molecule has 6 heteroatoms. The lowest BCUT2D eigenvalue weighted by Gasteiger charge is -2.38. The van der Waals surface area contributed by atoms with Gasteiger partial charge in [-0.2, -0.15) is 0 Å². The highest BCUT2D eigenvalue weighted by atomic mass is 16.5. The van der Waals surface area contributed by atoms with Crippen LogP contribution in [0.5, 0.6) is 5.75 Å². The number of benzene rings is 1. The van der Waals surface area contributed by atoms with E-state index < -0.39 is 5.54 Å². The lowest BCUT2D eigenvalue weighted by atomic mass is 9.95. The second-order valence-electron chi connectivity index (χ2n) is 7.19. The Kier molecular flexibility index (Phi) is 7.03. The standard InChI is InChI=1S/C20H31N3O3/c1-4-11-20(2,21)19(25)23-14-12-22(13-15-23)18(24)10-7-16-5-8-17(26-3)9-6-16/h5-6,8-9H,4,7,10-15,21H2,1-3H3. The van der Waals surface area contributed by atoms with E-state index in [0.29, 0.717) is 45.4 Å². The maximum atomic E-state index is 12.5. The van der Waals surface area contributed by atoms with E-state index in [1.54, 1.807) is 18.9 Å². The highest BCUT2D eigenvalue weighted by molar-refractivity contribution is 5.86. The number of rotatable bonds is 7. The van der Waals surface area contributed by atoms with Crippen LogP contribution in [0.2, 0.25) is 0 Å². The third kappa shape index (κ3) is 5.21. The second kappa shape index (κ2) is 9.03. The first-order chi connectivity index (χ1) is 12.4. The number of hydrogen-bond donors (Lipinski definition) is 1. The summed E-state index contributed by atoms with van der Waals surface area (Å²) in [5.74, 6) is 0.942. The van der Waals surface area contributed by atoms with Gasteiger partial charge in [-0.3, -0.25) is 9.59 Å². The van der Waals surface area contributed by atoms with E-state index in [9.17, 15) is 9.59 Å². The molecule has 2 rings (SSSR count). The van der Waals surface area contributed by atoms with Crippen molar-refractivity contribution in [2.45, 2.75) is 45.1 Å². The van der Waals surface area contributed by atoms with Gasteiger partial charge in [0.15, 0.2) is 0 Å². The Bertz CT molecular complexity index is 605. The van der Waals surface area contributed by atoms with Crippen LogP contribution in [0.4, 0.5) is 0 Å². The van der Waals surface area contributed by atoms with E-state index in [0.717, 1.165) is 17.7 Å². The van der Waals surface area contributed by atoms with E-state index in [2.05, 4.69) is 0 Å². The number of amides is 2. The van der Waals surface area contributed by atoms with Crippen LogP contribution in [0.1, 0.15) is 38.7 Å². The predicted molar refractivity (Wildman–Crippen MR) is 102 cm³/mol. The largest absolute Gasteiger partial charge is 0.497 e. The highest BCUT2D eigenvalue weighted by Gasteiger charge is 2.34. The van der Waals surface area contributed by atoms with Gasteiger partial charge in [-0.1, -0.05) is 25.5 Å². The molecule has 1 aliphatic rings. The summed E-state index contributed by atoms with van der Waals surface area (Å²) in [5, 5.41) is 0. The molecule has 6 nitrogen and oxygen atoms in total. The summed E-state index contributed by atoms with van der Waals surface area (Å²) >= 11 is 0. The average Bonchev–Trinajstić information content (AvgIpc) is 2.66. The topological polar surface area (TPSA) is 75.9 Å². The molecule has 0 saturated carbocycles. The molecule has 1 aromatic carbocycles. The molecule has 0 aliphatic carbocycles. The number of nitrogens with zero attached hydrogens (tertiary/aromatic N) is 2. The lowest BCUT2D eigenvalue weighted by molar-refractivity contribution is -0.142. The van der Waals surface area contributed by atoms with Crippen LogP contribution in [0.15, 0.2) is 24.3 Å². The summed E-state index contributed by atoms with van der Waals surface area (Å²) in [7, 11) is 1.64. The number of nitrogens with two attached hydrogens (primary N) is 1. The number of hydrogen-bond acceptors (Lipinski definition) is 4. The zero-order valence-electron chi connectivity index (χ0n) is 16.2. The van der Waals surface area contributed by atoms with Gasteiger partial charge in [0.1, 0.15) is 5.75 Å². The van der Waals surface area contributed by atoms with Crippen LogP contribution in [0.25, 0.3) is 0 Å². The Morgan fingerprint density at radius 2 is 1.69 bits per heavy atom. The number of piperazine rings is 1. The van der Waals surface area contributed by atoms with E-state index in [-0.39, 0.29) is 11.8 Å². The van der Waals surface area contributed by atoms with Crippen LogP contribution >= 0.6 is 0 Å². The van der Waals surface area contributed by atoms with Crippen molar-refractivity contribution < 1.29 is 14.3 Å². The SMILES string of the molecule is CCCC(C)(N)C(=O)N1CCN(C(=O)CCc2ccc(OC)cc2)CC1. The normalized spacial score (nSPS) is 16.9. The minimum atomic E-state index is -0.810. The summed E-state index contributed by atoms with van der Waals surface area (Å²) in [5.41, 5.74) is 6.46. The Morgan fingerprint density at radius 3 is 2.23 bits per heavy atom. The molecular weight excluding hydrogens is 330 g/mol. The average molecular weight is 361 g/mol. The van der Waals surface area contributed by atoms with Crippen molar-refractivity contribution in [3.05, 3.63) is 29.8 Å². The molecule has 0 radical (unpaired) electrons. The van der Waals surface area contributed by atoms with Crippen molar-refractivity contribution in [3.8, 4) is 5.75 Å². The Hall–Kier alpha value is -2.08. The first-order valence-electron chi connectivity index (χ1n) is 9.36. The van der Waals surface area contributed by atoms with Crippen molar-refractivity contribution in [1.82, 2.24) is 9.80 Å². The molecule has 1 aliphatic heterocycles. The molecule has 1 aromatic rings. The van der Waals surface area contributed by atoms with Crippen LogP contribution in [0.3, 0.4) is 0 Å². The quantitative estimate of drug-likeness (QED) is 0.804. The first kappa shape index (κ1) is 20.2. The minimum absolute atomic E-state index is 0.00955. The molecule has 0 aromatic heterocycles. The fourth-order valence-corrected chi connectivity index (χ4v) is 3.35. The van der Waals surface area contributed by atoms with E-state index in [1.807, 2.05) is 36.1 Å². The van der Waals surface area contributed by atoms with Crippen molar-refractivity contribution in [2.75, 3.05) is 33.3 Å². The Labute approximate surface area is 156 Å². The van der Waals surface area contributed by atoms with Crippen molar-refractivity contribution in [2.24, 2.45) is 5.73 Å². The van der Waals surface area contributed by atoms with Crippen molar-refractivity contribution >= 4 is 11.8 Å². The molecule has 144 valence electrons. The van der Waals surface area contributed by atoms with Crippen LogP contribution in [-0.4, -0.2) is 60.4 Å². The zero-order valence-corrected chi connectivity index (χ0v) is 16.2. The molecule has 1 fully saturated rings. The smallest absolute Gasteiger partial charge is 0.242 e. The number of ether oxygens (including phenoxy) is 1. The molecule has 0 bridgehead atoms. The van der Waals surface area contributed by atoms with Gasteiger partial charge < -0.3 is 20.3 Å². The number of methoxy groups -OCH3 is 1. The number of carbonyl (C=O) groups excluding carboxylic acids is 2. The van der Waals surface area contributed by atoms with Crippen LogP contribution in [0, 0.1) is 0 Å². The predicted octanol–water partition coefficient (Wildman–Crippen LogP) is 1.82. The number of aryl methyl sites for hydroxylation is 1. The molecule has 1 heterocycles. The summed E-state index contributed by atoms with van der Waals surface area (Å²) in [6.45, 7) is 6.10. The Morgan fingerprint density at radius 1 is 1.12 bits per heavy atom. The fraction of sp³-hybridized carbons (Fsp3) is 0.600. The second-order valence-corrected chi connectivity index (χ2v) is 7.19. The Balaban J connectivity index is 1.79. The van der Waals surface area contributed by atoms with Crippen molar-refractivity contribution in [1.29, 1.82) is 0 Å². The van der Waals surface area contributed by atoms with Crippen molar-refractivity contribution in [3.63, 3.8) is 0 Å². The van der Waals surface area contributed by atoms with Gasteiger partial charge in [0, 0.05) is 32.6 Å². The molecule has 0 spiro atoms. The van der Waals surface area contributed by atoms with Crippen LogP contribution < -0.4 is 10.5 Å². The van der Waals surface area contributed by atoms with E-state index in [4.69, 9.17) is 10.5 Å². The molecule has 1 unspecified atom stereocenters. The minimum Gasteiger partial charge on any atom is -0.497 e. The molecule has 1 atom stereocenters. The monoisotopic (exact) mass is 361 g/mol. The van der Waals surface area contributed by atoms with Crippen LogP contribution in [-0.2, 0) is 16.0 Å². The van der Waals surface area contributed by atoms with E-state index in [1.165, 1.54) is 0 Å². The summed E-state index contributed by atoms with van der Waals surface area (Å²) in [6, 6.07) is 7.78. The number of carbonyl (C=O) groups is 2. The molecular formula is C20H31N3O3. The zero-order chi connectivity index (χ0) is 19.2. The third-order valence-electron chi connectivity index (χ3n) is 4.96. The first-order valence-corrected chi connectivity index (χ1v) is 9.36. The van der Waals surface area contributed by atoms with Gasteiger partial charge >= 0.3 is 0 Å². The van der Waals surface area contributed by atoms with Gasteiger partial charge in [0.2, 0.25) is 11.8 Å². The van der Waals surface area contributed by atoms with Gasteiger partial charge in [0.05, 0.1) is 12.6 Å². The molecule has 26 heavy (non-hydrogen) atoms. The van der Waals surface area contributed by atoms with E-state index >= 15 is 0 Å². The summed E-state index contributed by atoms with van der Waals surface area (Å²) < 4.78 is 5.14. The fourth-order valence-electron chi connectivity index (χ4n) is 3.35. The maximum absolute atomic E-state index is 12.5. The third-order valence-corrected chi connectivity index (χ3v) is 4.96. The molecule has 1 saturated heterocycles.